The molecule has 1 heterocycles. The van der Waals surface area contributed by atoms with Gasteiger partial charge in [0.15, 0.2) is 9.84 Å². The van der Waals surface area contributed by atoms with Crippen molar-refractivity contribution >= 4 is 27.3 Å². The number of nitrogens with one attached hydrogen (secondary N) is 2. The van der Waals surface area contributed by atoms with Gasteiger partial charge in [-0.25, -0.2) is 8.42 Å². The van der Waals surface area contributed by atoms with Crippen LogP contribution in [-0.2, 0) is 14.6 Å². The van der Waals surface area contributed by atoms with E-state index in [1.54, 1.807) is 12.1 Å². The Morgan fingerprint density at radius 2 is 2.00 bits per heavy atom. The molecule has 21 heavy (non-hydrogen) atoms. The van der Waals surface area contributed by atoms with Crippen LogP contribution in [-0.4, -0.2) is 39.7 Å². The standard InChI is InChI=1S/C14H19ClN2O3S/c1-10(11-8-16-9-11)14(18)17-6-7-21(19,20)13-4-2-12(15)3-5-13/h2-5,10-11,16H,6-9H2,1H3,(H,17,18). The van der Waals surface area contributed by atoms with Gasteiger partial charge in [0.25, 0.3) is 0 Å². The van der Waals surface area contributed by atoms with Gasteiger partial charge in [0.1, 0.15) is 0 Å². The Morgan fingerprint density at radius 3 is 2.52 bits per heavy atom. The first-order chi connectivity index (χ1) is 9.90. The van der Waals surface area contributed by atoms with Crippen LogP contribution in [0.1, 0.15) is 6.92 Å². The van der Waals surface area contributed by atoms with Crippen LogP contribution in [0.25, 0.3) is 0 Å². The topological polar surface area (TPSA) is 75.3 Å². The second kappa shape index (κ2) is 6.77. The van der Waals surface area contributed by atoms with Gasteiger partial charge >= 0.3 is 0 Å². The molecule has 0 spiro atoms. The van der Waals surface area contributed by atoms with E-state index in [0.29, 0.717) is 10.9 Å². The Labute approximate surface area is 130 Å². The Balaban J connectivity index is 1.84. The molecule has 0 saturated carbocycles. The van der Waals surface area contributed by atoms with E-state index in [-0.39, 0.29) is 29.0 Å². The van der Waals surface area contributed by atoms with Crippen molar-refractivity contribution < 1.29 is 13.2 Å². The Kier molecular flexibility index (Phi) is 5.24. The minimum Gasteiger partial charge on any atom is -0.355 e. The second-order valence-corrected chi connectivity index (χ2v) is 7.82. The first-order valence-electron chi connectivity index (χ1n) is 6.87. The molecular formula is C14H19ClN2O3S. The fraction of sp³-hybridized carbons (Fsp3) is 0.500. The zero-order chi connectivity index (χ0) is 15.5. The Hall–Kier alpha value is -1.11. The first kappa shape index (κ1) is 16.3. The summed E-state index contributed by atoms with van der Waals surface area (Å²) in [6.45, 7) is 3.68. The number of hydrogen-bond acceptors (Lipinski definition) is 4. The average molecular weight is 331 g/mol. The third kappa shape index (κ3) is 4.18. The van der Waals surface area contributed by atoms with Crippen molar-refractivity contribution in [2.75, 3.05) is 25.4 Å². The molecule has 0 bridgehead atoms. The highest BCUT2D eigenvalue weighted by Gasteiger charge is 2.28. The van der Waals surface area contributed by atoms with E-state index in [0.717, 1.165) is 13.1 Å². The number of sulfone groups is 1. The van der Waals surface area contributed by atoms with Crippen LogP contribution >= 0.6 is 11.6 Å². The molecule has 0 aromatic heterocycles. The van der Waals surface area contributed by atoms with Crippen LogP contribution in [0.2, 0.25) is 5.02 Å². The van der Waals surface area contributed by atoms with Gasteiger partial charge in [0.2, 0.25) is 5.91 Å². The lowest BCUT2D eigenvalue weighted by molar-refractivity contribution is -0.126. The average Bonchev–Trinajstić information content (AvgIpc) is 2.36. The van der Waals surface area contributed by atoms with E-state index in [9.17, 15) is 13.2 Å². The van der Waals surface area contributed by atoms with Crippen LogP contribution < -0.4 is 10.6 Å². The first-order valence-corrected chi connectivity index (χ1v) is 8.90. The molecule has 1 amide bonds. The molecule has 1 aliphatic heterocycles. The highest BCUT2D eigenvalue weighted by Crippen LogP contribution is 2.16. The van der Waals surface area contributed by atoms with Gasteiger partial charge in [-0.3, -0.25) is 4.79 Å². The molecule has 7 heteroatoms. The lowest BCUT2D eigenvalue weighted by Crippen LogP contribution is -2.50. The van der Waals surface area contributed by atoms with E-state index < -0.39 is 9.84 Å². The molecule has 1 fully saturated rings. The summed E-state index contributed by atoms with van der Waals surface area (Å²) >= 11 is 5.73. The summed E-state index contributed by atoms with van der Waals surface area (Å²) in [6.07, 6.45) is 0. The summed E-state index contributed by atoms with van der Waals surface area (Å²) in [5, 5.41) is 6.30. The summed E-state index contributed by atoms with van der Waals surface area (Å²) in [4.78, 5) is 12.1. The number of hydrogen-bond donors (Lipinski definition) is 2. The van der Waals surface area contributed by atoms with Crippen molar-refractivity contribution in [2.24, 2.45) is 11.8 Å². The van der Waals surface area contributed by atoms with Gasteiger partial charge in [0, 0.05) is 17.5 Å². The molecule has 0 aliphatic carbocycles. The fourth-order valence-electron chi connectivity index (χ4n) is 2.11. The lowest BCUT2D eigenvalue weighted by Gasteiger charge is -2.31. The van der Waals surface area contributed by atoms with Crippen LogP contribution in [0.5, 0.6) is 0 Å². The number of carbonyl (C=O) groups excluding carboxylic acids is 1. The maximum absolute atomic E-state index is 12.1. The van der Waals surface area contributed by atoms with Crippen molar-refractivity contribution in [3.05, 3.63) is 29.3 Å². The van der Waals surface area contributed by atoms with Crippen molar-refractivity contribution in [1.29, 1.82) is 0 Å². The van der Waals surface area contributed by atoms with Crippen molar-refractivity contribution in [3.8, 4) is 0 Å². The van der Waals surface area contributed by atoms with E-state index in [1.807, 2.05) is 6.92 Å². The summed E-state index contributed by atoms with van der Waals surface area (Å²) in [6, 6.07) is 6.03. The Bertz CT molecular complexity index is 597. The predicted octanol–water partition coefficient (Wildman–Crippen LogP) is 1.09. The molecule has 1 aromatic rings. The Morgan fingerprint density at radius 1 is 1.38 bits per heavy atom. The van der Waals surface area contributed by atoms with Crippen molar-refractivity contribution in [2.45, 2.75) is 11.8 Å². The molecular weight excluding hydrogens is 312 g/mol. The SMILES string of the molecule is CC(C(=O)NCCS(=O)(=O)c1ccc(Cl)cc1)C1CNC1. The van der Waals surface area contributed by atoms with Gasteiger partial charge in [-0.2, -0.15) is 0 Å². The molecule has 2 N–H and O–H groups in total. The summed E-state index contributed by atoms with van der Waals surface area (Å²) in [7, 11) is -3.40. The predicted molar refractivity (Wildman–Crippen MR) is 82.0 cm³/mol. The minimum atomic E-state index is -3.40. The van der Waals surface area contributed by atoms with Crippen LogP contribution in [0, 0.1) is 11.8 Å². The van der Waals surface area contributed by atoms with Crippen LogP contribution in [0.4, 0.5) is 0 Å². The van der Waals surface area contributed by atoms with E-state index >= 15 is 0 Å². The third-order valence-electron chi connectivity index (χ3n) is 3.78. The summed E-state index contributed by atoms with van der Waals surface area (Å²) in [5.41, 5.74) is 0. The normalized spacial score (nSPS) is 17.0. The number of halogens is 1. The monoisotopic (exact) mass is 330 g/mol. The molecule has 1 aliphatic rings. The summed E-state index contributed by atoms with van der Waals surface area (Å²) < 4.78 is 24.2. The summed E-state index contributed by atoms with van der Waals surface area (Å²) in [5.74, 6) is 0.0471. The number of rotatable bonds is 6. The van der Waals surface area contributed by atoms with E-state index in [4.69, 9.17) is 11.6 Å². The van der Waals surface area contributed by atoms with Gasteiger partial charge in [0.05, 0.1) is 10.6 Å². The number of amides is 1. The minimum absolute atomic E-state index is 0.0900. The fourth-order valence-corrected chi connectivity index (χ4v) is 3.39. The maximum atomic E-state index is 12.1. The highest BCUT2D eigenvalue weighted by atomic mass is 35.5. The number of carbonyl (C=O) groups is 1. The molecule has 2 rings (SSSR count). The van der Waals surface area contributed by atoms with Gasteiger partial charge < -0.3 is 10.6 Å². The van der Waals surface area contributed by atoms with Crippen LogP contribution in [0.3, 0.4) is 0 Å². The maximum Gasteiger partial charge on any atom is 0.223 e. The van der Waals surface area contributed by atoms with Gasteiger partial charge in [-0.05, 0) is 43.3 Å². The third-order valence-corrected chi connectivity index (χ3v) is 5.76. The van der Waals surface area contributed by atoms with Crippen molar-refractivity contribution in [3.63, 3.8) is 0 Å². The molecule has 116 valence electrons. The van der Waals surface area contributed by atoms with Crippen LogP contribution in [0.15, 0.2) is 29.2 Å². The molecule has 1 saturated heterocycles. The zero-order valence-corrected chi connectivity index (χ0v) is 13.4. The lowest BCUT2D eigenvalue weighted by atomic mass is 9.88. The molecule has 1 unspecified atom stereocenters. The van der Waals surface area contributed by atoms with Gasteiger partial charge in [-0.15, -0.1) is 0 Å². The largest absolute Gasteiger partial charge is 0.355 e. The van der Waals surface area contributed by atoms with Crippen molar-refractivity contribution in [1.82, 2.24) is 10.6 Å². The smallest absolute Gasteiger partial charge is 0.223 e. The van der Waals surface area contributed by atoms with Gasteiger partial charge in [-0.1, -0.05) is 18.5 Å². The van der Waals surface area contributed by atoms with E-state index in [2.05, 4.69) is 10.6 Å². The molecule has 1 atom stereocenters. The molecule has 5 nitrogen and oxygen atoms in total. The molecule has 0 radical (unpaired) electrons. The highest BCUT2D eigenvalue weighted by molar-refractivity contribution is 7.91. The number of benzene rings is 1. The van der Waals surface area contributed by atoms with E-state index in [1.165, 1.54) is 12.1 Å². The zero-order valence-electron chi connectivity index (χ0n) is 11.8. The second-order valence-electron chi connectivity index (χ2n) is 5.27. The molecule has 1 aromatic carbocycles. The quantitative estimate of drug-likeness (QED) is 0.818.